The van der Waals surface area contributed by atoms with E-state index in [1.165, 1.54) is 0 Å². The van der Waals surface area contributed by atoms with Crippen molar-refractivity contribution in [3.8, 4) is 0 Å². The van der Waals surface area contributed by atoms with Crippen molar-refractivity contribution in [1.82, 2.24) is 15.5 Å². The van der Waals surface area contributed by atoms with E-state index in [1.54, 1.807) is 31.3 Å². The van der Waals surface area contributed by atoms with Crippen LogP contribution in [0.1, 0.15) is 51.5 Å². The Labute approximate surface area is 262 Å². The molecule has 1 saturated heterocycles. The molecule has 1 aliphatic heterocycles. The number of urea groups is 1. The fourth-order valence-corrected chi connectivity index (χ4v) is 5.03. The molecule has 0 aliphatic carbocycles. The normalized spacial score (nSPS) is 18.0. The number of amides is 4. The molecule has 1 aliphatic rings. The van der Waals surface area contributed by atoms with E-state index in [1.807, 2.05) is 56.0 Å². The first-order chi connectivity index (χ1) is 21.2. The molecule has 0 spiro atoms. The molecule has 2 aromatic carbocycles. The van der Waals surface area contributed by atoms with Gasteiger partial charge in [-0.05, 0) is 54.6 Å². The van der Waals surface area contributed by atoms with Gasteiger partial charge in [0.15, 0.2) is 6.04 Å². The maximum atomic E-state index is 13.1. The number of carboxylic acids is 2. The Kier molecular flexibility index (Phi) is 12.4. The van der Waals surface area contributed by atoms with Gasteiger partial charge in [-0.1, -0.05) is 51.1 Å². The van der Waals surface area contributed by atoms with Gasteiger partial charge in [0.1, 0.15) is 6.04 Å². The Morgan fingerprint density at radius 3 is 2.07 bits per heavy atom. The number of anilines is 2. The highest BCUT2D eigenvalue weighted by atomic mass is 16.5. The molecule has 4 unspecified atom stereocenters. The zero-order valence-electron chi connectivity index (χ0n) is 26.0. The predicted molar refractivity (Wildman–Crippen MR) is 168 cm³/mol. The van der Waals surface area contributed by atoms with Gasteiger partial charge in [0, 0.05) is 37.4 Å². The number of carbonyl (C=O) groups is 5. The molecular formula is C32H43N5O8. The van der Waals surface area contributed by atoms with Crippen molar-refractivity contribution >= 4 is 41.2 Å². The van der Waals surface area contributed by atoms with Crippen LogP contribution in [-0.2, 0) is 23.9 Å². The van der Waals surface area contributed by atoms with Gasteiger partial charge < -0.3 is 36.2 Å². The molecule has 45 heavy (non-hydrogen) atoms. The molecule has 2 aromatic rings. The summed E-state index contributed by atoms with van der Waals surface area (Å²) in [6, 6.07) is 13.0. The molecule has 0 saturated carbocycles. The smallest absolute Gasteiger partial charge is 0.328 e. The van der Waals surface area contributed by atoms with Crippen molar-refractivity contribution in [2.24, 2.45) is 5.41 Å². The van der Waals surface area contributed by atoms with Crippen LogP contribution in [0.5, 0.6) is 0 Å². The predicted octanol–water partition coefficient (Wildman–Crippen LogP) is 3.10. The van der Waals surface area contributed by atoms with Gasteiger partial charge >= 0.3 is 18.0 Å². The van der Waals surface area contributed by atoms with Crippen LogP contribution in [0.4, 0.5) is 16.2 Å². The molecule has 4 atom stereocenters. The molecule has 13 nitrogen and oxygen atoms in total. The maximum absolute atomic E-state index is 13.1. The van der Waals surface area contributed by atoms with Crippen molar-refractivity contribution in [2.45, 2.75) is 64.1 Å². The lowest BCUT2D eigenvalue weighted by Crippen LogP contribution is -2.50. The quantitative estimate of drug-likeness (QED) is 0.172. The van der Waals surface area contributed by atoms with Gasteiger partial charge in [-0.25, -0.2) is 14.4 Å². The van der Waals surface area contributed by atoms with Gasteiger partial charge in [-0.2, -0.15) is 0 Å². The number of para-hydroxylation sites is 1. The highest BCUT2D eigenvalue weighted by Crippen LogP contribution is 2.31. The molecule has 6 N–H and O–H groups in total. The van der Waals surface area contributed by atoms with E-state index in [2.05, 4.69) is 21.3 Å². The molecule has 3 rings (SSSR count). The number of aliphatic carboxylic acids is 2. The van der Waals surface area contributed by atoms with Crippen LogP contribution in [0, 0.1) is 5.41 Å². The van der Waals surface area contributed by atoms with E-state index in [0.717, 1.165) is 5.56 Å². The van der Waals surface area contributed by atoms with Gasteiger partial charge in [-0.3, -0.25) is 14.5 Å². The van der Waals surface area contributed by atoms with Crippen LogP contribution >= 0.6 is 0 Å². The average Bonchev–Trinajstić information content (AvgIpc) is 3.35. The topological polar surface area (TPSA) is 186 Å². The Morgan fingerprint density at radius 1 is 0.889 bits per heavy atom. The number of nitrogens with one attached hydrogen (secondary N) is 4. The van der Waals surface area contributed by atoms with Crippen LogP contribution in [0.2, 0.25) is 0 Å². The van der Waals surface area contributed by atoms with E-state index in [9.17, 15) is 34.2 Å². The number of carbonyl (C=O) groups excluding carboxylic acids is 3. The van der Waals surface area contributed by atoms with E-state index in [4.69, 9.17) is 4.74 Å². The number of likely N-dealkylation sites (N-methyl/N-ethyl adjacent to an activating group) is 1. The lowest BCUT2D eigenvalue weighted by molar-refractivity contribution is -0.145. The number of hydrogen-bond donors (Lipinski definition) is 6. The van der Waals surface area contributed by atoms with E-state index >= 15 is 0 Å². The largest absolute Gasteiger partial charge is 0.480 e. The van der Waals surface area contributed by atoms with Crippen LogP contribution in [0.25, 0.3) is 0 Å². The highest BCUT2D eigenvalue weighted by Gasteiger charge is 2.37. The summed E-state index contributed by atoms with van der Waals surface area (Å²) >= 11 is 0. The third-order valence-electron chi connectivity index (χ3n) is 7.30. The van der Waals surface area contributed by atoms with Crippen LogP contribution in [0.15, 0.2) is 54.6 Å². The van der Waals surface area contributed by atoms with Gasteiger partial charge in [0.2, 0.25) is 11.8 Å². The second-order valence-corrected chi connectivity index (χ2v) is 12.4. The SMILES string of the molecule is CN1CC(c2ccc(NC(=O)Nc3ccccc3)cc2)CC1C(=O)NC(COCCC(NC(=O)CC(C)(C)C)C(=O)O)C(=O)O. The molecule has 1 fully saturated rings. The summed E-state index contributed by atoms with van der Waals surface area (Å²) in [5, 5.41) is 29.6. The van der Waals surface area contributed by atoms with Gasteiger partial charge in [-0.15, -0.1) is 0 Å². The molecule has 244 valence electrons. The number of nitrogens with zero attached hydrogens (tertiary/aromatic N) is 1. The Bertz CT molecular complexity index is 1330. The molecule has 0 radical (unpaired) electrons. The number of rotatable bonds is 14. The Balaban J connectivity index is 1.47. The van der Waals surface area contributed by atoms with Crippen LogP contribution < -0.4 is 21.3 Å². The average molecular weight is 626 g/mol. The minimum atomic E-state index is -1.34. The van der Waals surface area contributed by atoms with Crippen molar-refractivity contribution in [1.29, 1.82) is 0 Å². The summed E-state index contributed by atoms with van der Waals surface area (Å²) in [5.74, 6) is -3.34. The van der Waals surface area contributed by atoms with E-state index in [-0.39, 0.29) is 43.4 Å². The van der Waals surface area contributed by atoms with Gasteiger partial charge in [0.05, 0.1) is 12.6 Å². The summed E-state index contributed by atoms with van der Waals surface area (Å²) in [5.41, 5.74) is 1.95. The monoisotopic (exact) mass is 625 g/mol. The summed E-state index contributed by atoms with van der Waals surface area (Å²) in [6.45, 7) is 5.67. The van der Waals surface area contributed by atoms with E-state index in [0.29, 0.717) is 24.3 Å². The van der Waals surface area contributed by atoms with Crippen molar-refractivity contribution in [2.75, 3.05) is 37.4 Å². The van der Waals surface area contributed by atoms with Crippen LogP contribution in [-0.4, -0.2) is 89.8 Å². The van der Waals surface area contributed by atoms with Crippen molar-refractivity contribution < 1.29 is 38.9 Å². The van der Waals surface area contributed by atoms with Gasteiger partial charge in [0.25, 0.3) is 0 Å². The standard InChI is InChI=1S/C32H43N5O8/c1-32(2,3)17-27(38)35-24(29(40)41)14-15-45-19-25(30(42)43)36-28(39)26-16-21(18-37(26)4)20-10-12-23(13-11-20)34-31(44)33-22-8-6-5-7-9-22/h5-13,21,24-26H,14-19H2,1-4H3,(H,35,38)(H,36,39)(H,40,41)(H,42,43)(H2,33,34,44). The number of ether oxygens (including phenoxy) is 1. The Hall–Kier alpha value is -4.49. The summed E-state index contributed by atoms with van der Waals surface area (Å²) < 4.78 is 5.41. The fraction of sp³-hybridized carbons (Fsp3) is 0.469. The molecule has 1 heterocycles. The first-order valence-corrected chi connectivity index (χ1v) is 14.8. The fourth-order valence-electron chi connectivity index (χ4n) is 5.03. The van der Waals surface area contributed by atoms with Crippen molar-refractivity contribution in [3.05, 3.63) is 60.2 Å². The number of benzene rings is 2. The molecule has 4 amide bonds. The molecule has 13 heteroatoms. The first kappa shape index (κ1) is 35.0. The third kappa shape index (κ3) is 11.5. The van der Waals surface area contributed by atoms with Crippen molar-refractivity contribution in [3.63, 3.8) is 0 Å². The number of hydrogen-bond acceptors (Lipinski definition) is 7. The lowest BCUT2D eigenvalue weighted by atomic mass is 9.92. The maximum Gasteiger partial charge on any atom is 0.328 e. The minimum Gasteiger partial charge on any atom is -0.480 e. The number of likely N-dealkylation sites (tertiary alicyclic amines) is 1. The minimum absolute atomic E-state index is 0.0129. The second kappa shape index (κ2) is 16.0. The third-order valence-corrected chi connectivity index (χ3v) is 7.30. The van der Waals surface area contributed by atoms with Crippen LogP contribution in [0.3, 0.4) is 0 Å². The molecular weight excluding hydrogens is 582 g/mol. The first-order valence-electron chi connectivity index (χ1n) is 14.8. The Morgan fingerprint density at radius 2 is 1.49 bits per heavy atom. The molecule has 0 bridgehead atoms. The zero-order chi connectivity index (χ0) is 33.1. The summed E-state index contributed by atoms with van der Waals surface area (Å²) in [4.78, 5) is 62.8. The number of carboxylic acid groups (broad SMARTS) is 2. The molecule has 0 aromatic heterocycles. The zero-order valence-corrected chi connectivity index (χ0v) is 26.0. The highest BCUT2D eigenvalue weighted by molar-refractivity contribution is 5.99. The summed E-state index contributed by atoms with van der Waals surface area (Å²) in [7, 11) is 1.79. The summed E-state index contributed by atoms with van der Waals surface area (Å²) in [6.07, 6.45) is 0.549. The van der Waals surface area contributed by atoms with E-state index < -0.39 is 41.9 Å². The second-order valence-electron chi connectivity index (χ2n) is 12.4. The lowest BCUT2D eigenvalue weighted by Gasteiger charge is -2.22.